The predicted octanol–water partition coefficient (Wildman–Crippen LogP) is 3.99. The van der Waals surface area contributed by atoms with Crippen LogP contribution in [-0.4, -0.2) is 45.5 Å². The van der Waals surface area contributed by atoms with Gasteiger partial charge in [0.25, 0.3) is 0 Å². The average molecular weight is 418 g/mol. The van der Waals surface area contributed by atoms with Crippen molar-refractivity contribution in [3.63, 3.8) is 0 Å². The van der Waals surface area contributed by atoms with Gasteiger partial charge in [0.2, 0.25) is 26.6 Å². The summed E-state index contributed by atoms with van der Waals surface area (Å²) in [6, 6.07) is 12.1. The number of nitrogens with zero attached hydrogens (tertiary/aromatic N) is 2. The van der Waals surface area contributed by atoms with E-state index in [9.17, 15) is 12.8 Å². The van der Waals surface area contributed by atoms with Crippen molar-refractivity contribution in [1.82, 2.24) is 9.88 Å². The van der Waals surface area contributed by atoms with E-state index in [0.29, 0.717) is 12.1 Å². The number of aromatic nitrogens is 1. The number of rotatable bonds is 8. The SMILES string of the molecule is Cc1ccccc1-c1nc(S(=O)(=O)c2ccc(F)cc2)c(NCCCN(C)C)o1. The Balaban J connectivity index is 2.01. The monoisotopic (exact) mass is 417 g/mol. The third-order valence-electron chi connectivity index (χ3n) is 4.42. The number of halogens is 1. The van der Waals surface area contributed by atoms with Gasteiger partial charge in [0, 0.05) is 12.1 Å². The normalized spacial score (nSPS) is 11.8. The lowest BCUT2D eigenvalue weighted by atomic mass is 10.1. The molecule has 29 heavy (non-hydrogen) atoms. The van der Waals surface area contributed by atoms with Crippen LogP contribution in [0.4, 0.5) is 10.3 Å². The van der Waals surface area contributed by atoms with Crippen molar-refractivity contribution in [3.05, 3.63) is 59.9 Å². The summed E-state index contributed by atoms with van der Waals surface area (Å²) in [6.07, 6.45) is 0.795. The predicted molar refractivity (Wildman–Crippen MR) is 110 cm³/mol. The van der Waals surface area contributed by atoms with Crippen LogP contribution >= 0.6 is 0 Å². The maximum atomic E-state index is 13.3. The molecule has 1 heterocycles. The first-order chi connectivity index (χ1) is 13.8. The minimum absolute atomic E-state index is 0.0418. The molecule has 8 heteroatoms. The van der Waals surface area contributed by atoms with Gasteiger partial charge in [-0.05, 0) is 69.9 Å². The van der Waals surface area contributed by atoms with Crippen molar-refractivity contribution in [2.75, 3.05) is 32.5 Å². The Kier molecular flexibility index (Phi) is 6.34. The molecule has 0 saturated heterocycles. The highest BCUT2D eigenvalue weighted by atomic mass is 32.2. The molecule has 0 radical (unpaired) electrons. The second-order valence-corrected chi connectivity index (χ2v) is 8.87. The molecule has 6 nitrogen and oxygen atoms in total. The zero-order valence-electron chi connectivity index (χ0n) is 16.6. The third kappa shape index (κ3) is 4.83. The number of hydrogen-bond donors (Lipinski definition) is 1. The lowest BCUT2D eigenvalue weighted by Gasteiger charge is -2.10. The minimum atomic E-state index is -3.98. The van der Waals surface area contributed by atoms with E-state index in [1.165, 1.54) is 12.1 Å². The fourth-order valence-corrected chi connectivity index (χ4v) is 4.13. The fourth-order valence-electron chi connectivity index (χ4n) is 2.85. The van der Waals surface area contributed by atoms with Crippen molar-refractivity contribution < 1.29 is 17.2 Å². The van der Waals surface area contributed by atoms with E-state index in [2.05, 4.69) is 10.3 Å². The zero-order chi connectivity index (χ0) is 21.0. The number of nitrogens with one attached hydrogen (secondary N) is 1. The molecule has 0 aliphatic carbocycles. The van der Waals surface area contributed by atoms with E-state index >= 15 is 0 Å². The third-order valence-corrected chi connectivity index (χ3v) is 6.10. The molecule has 2 aromatic carbocycles. The molecule has 0 unspecified atom stereocenters. The first-order valence-corrected chi connectivity index (χ1v) is 10.7. The molecule has 0 amide bonds. The topological polar surface area (TPSA) is 75.4 Å². The molecule has 0 aliphatic heterocycles. The molecule has 0 saturated carbocycles. The van der Waals surface area contributed by atoms with Crippen LogP contribution in [-0.2, 0) is 9.84 Å². The lowest BCUT2D eigenvalue weighted by molar-refractivity contribution is 0.404. The van der Waals surface area contributed by atoms with Crippen LogP contribution in [0, 0.1) is 12.7 Å². The van der Waals surface area contributed by atoms with Crippen molar-refractivity contribution in [1.29, 1.82) is 0 Å². The van der Waals surface area contributed by atoms with E-state index in [0.717, 1.165) is 30.7 Å². The number of hydrogen-bond acceptors (Lipinski definition) is 6. The Bertz CT molecular complexity index is 1080. The van der Waals surface area contributed by atoms with E-state index in [1.807, 2.05) is 50.2 Å². The van der Waals surface area contributed by atoms with Gasteiger partial charge in [0.05, 0.1) is 4.90 Å². The van der Waals surface area contributed by atoms with Gasteiger partial charge in [-0.2, -0.15) is 4.98 Å². The summed E-state index contributed by atoms with van der Waals surface area (Å²) in [6.45, 7) is 3.26. The van der Waals surface area contributed by atoms with Crippen LogP contribution in [0.5, 0.6) is 0 Å². The molecule has 154 valence electrons. The number of oxazole rings is 1. The van der Waals surface area contributed by atoms with Gasteiger partial charge in [-0.25, -0.2) is 12.8 Å². The van der Waals surface area contributed by atoms with Crippen LogP contribution < -0.4 is 5.32 Å². The van der Waals surface area contributed by atoms with Gasteiger partial charge in [-0.3, -0.25) is 0 Å². The molecule has 3 aromatic rings. The van der Waals surface area contributed by atoms with Crippen molar-refractivity contribution >= 4 is 15.7 Å². The van der Waals surface area contributed by atoms with Gasteiger partial charge < -0.3 is 14.6 Å². The fraction of sp³-hybridized carbons (Fsp3) is 0.286. The maximum absolute atomic E-state index is 13.3. The Hall–Kier alpha value is -2.71. The summed E-state index contributed by atoms with van der Waals surface area (Å²) >= 11 is 0. The second-order valence-electron chi connectivity index (χ2n) is 7.01. The summed E-state index contributed by atoms with van der Waals surface area (Å²) < 4.78 is 45.4. The number of aryl methyl sites for hydroxylation is 1. The minimum Gasteiger partial charge on any atom is -0.419 e. The van der Waals surface area contributed by atoms with Gasteiger partial charge in [0.1, 0.15) is 5.82 Å². The molecule has 0 aliphatic rings. The van der Waals surface area contributed by atoms with Crippen LogP contribution in [0.1, 0.15) is 12.0 Å². The van der Waals surface area contributed by atoms with Crippen molar-refractivity contribution in [2.45, 2.75) is 23.3 Å². The van der Waals surface area contributed by atoms with Crippen molar-refractivity contribution in [3.8, 4) is 11.5 Å². The summed E-state index contributed by atoms with van der Waals surface area (Å²) in [5, 5.41) is 2.85. The molecule has 0 fully saturated rings. The zero-order valence-corrected chi connectivity index (χ0v) is 17.5. The summed E-state index contributed by atoms with van der Waals surface area (Å²) in [4.78, 5) is 6.30. The van der Waals surface area contributed by atoms with E-state index in [-0.39, 0.29) is 21.7 Å². The van der Waals surface area contributed by atoms with E-state index in [1.54, 1.807) is 0 Å². The Morgan fingerprint density at radius 1 is 1.10 bits per heavy atom. The lowest BCUT2D eigenvalue weighted by Crippen LogP contribution is -2.17. The molecular weight excluding hydrogens is 393 g/mol. The Morgan fingerprint density at radius 3 is 2.45 bits per heavy atom. The highest BCUT2D eigenvalue weighted by Gasteiger charge is 2.28. The van der Waals surface area contributed by atoms with E-state index < -0.39 is 15.7 Å². The molecule has 0 bridgehead atoms. The van der Waals surface area contributed by atoms with Crippen LogP contribution in [0.2, 0.25) is 0 Å². The van der Waals surface area contributed by atoms with Crippen LogP contribution in [0.15, 0.2) is 62.9 Å². The van der Waals surface area contributed by atoms with Crippen molar-refractivity contribution in [2.24, 2.45) is 0 Å². The summed E-state index contributed by atoms with van der Waals surface area (Å²) in [5.74, 6) is -0.197. The van der Waals surface area contributed by atoms with Crippen LogP contribution in [0.3, 0.4) is 0 Å². The molecule has 0 atom stereocenters. The maximum Gasteiger partial charge on any atom is 0.233 e. The van der Waals surface area contributed by atoms with Gasteiger partial charge in [-0.15, -0.1) is 0 Å². The Morgan fingerprint density at radius 2 is 1.79 bits per heavy atom. The highest BCUT2D eigenvalue weighted by molar-refractivity contribution is 7.91. The van der Waals surface area contributed by atoms with E-state index in [4.69, 9.17) is 4.42 Å². The van der Waals surface area contributed by atoms with Crippen LogP contribution in [0.25, 0.3) is 11.5 Å². The quantitative estimate of drug-likeness (QED) is 0.441. The van der Waals surface area contributed by atoms with Gasteiger partial charge >= 0.3 is 0 Å². The second kappa shape index (κ2) is 8.75. The molecule has 1 aromatic heterocycles. The smallest absolute Gasteiger partial charge is 0.233 e. The average Bonchev–Trinajstić information content (AvgIpc) is 3.10. The largest absolute Gasteiger partial charge is 0.419 e. The first-order valence-electron chi connectivity index (χ1n) is 9.25. The highest BCUT2D eigenvalue weighted by Crippen LogP contribution is 2.33. The number of sulfone groups is 1. The summed E-state index contributed by atoms with van der Waals surface area (Å²) in [5.41, 5.74) is 1.63. The Labute approximate surface area is 170 Å². The first kappa shape index (κ1) is 21.0. The molecule has 3 rings (SSSR count). The van der Waals surface area contributed by atoms with Gasteiger partial charge in [-0.1, -0.05) is 18.2 Å². The molecular formula is C21H24FN3O3S. The number of anilines is 1. The molecule has 1 N–H and O–H groups in total. The number of benzene rings is 2. The standard InChI is InChI=1S/C21H24FN3O3S/c1-15-7-4-5-8-18(15)19-24-21(20(28-19)23-13-6-14-25(2)3)29(26,27)17-11-9-16(22)10-12-17/h4-5,7-12,23H,6,13-14H2,1-3H3. The van der Waals surface area contributed by atoms with Gasteiger partial charge in [0.15, 0.2) is 0 Å². The molecule has 0 spiro atoms. The summed E-state index contributed by atoms with van der Waals surface area (Å²) in [7, 11) is -0.0495.